The van der Waals surface area contributed by atoms with Crippen LogP contribution in [-0.2, 0) is 6.18 Å². The Morgan fingerprint density at radius 2 is 1.83 bits per heavy atom. The predicted molar refractivity (Wildman–Crippen MR) is 69.0 cm³/mol. The van der Waals surface area contributed by atoms with Crippen molar-refractivity contribution in [2.45, 2.75) is 16.2 Å². The summed E-state index contributed by atoms with van der Waals surface area (Å²) < 4.78 is 37.8. The van der Waals surface area contributed by atoms with Gasteiger partial charge in [-0.2, -0.15) is 13.2 Å². The first-order valence-corrected chi connectivity index (χ1v) is 6.31. The Balaban J connectivity index is 2.43. The lowest BCUT2D eigenvalue weighted by molar-refractivity contribution is -0.396. The van der Waals surface area contributed by atoms with Gasteiger partial charge in [0.15, 0.2) is 0 Å². The second-order valence-corrected chi connectivity index (χ2v) is 4.95. The molecule has 0 amide bonds. The van der Waals surface area contributed by atoms with Gasteiger partial charge in [0.05, 0.1) is 20.8 Å². The van der Waals surface area contributed by atoms with E-state index in [1.165, 1.54) is 0 Å². The number of halogens is 3. The molecule has 0 saturated carbocycles. The SMILES string of the molecule is Nn1c(Sc2ccc([N+](=O)[O-])cc2[N+](=O)[O-])nnc1C(F)(F)F. The third-order valence-corrected chi connectivity index (χ3v) is 3.50. The molecule has 14 heteroatoms. The molecule has 122 valence electrons. The predicted octanol–water partition coefficient (Wildman–Crippen LogP) is 1.98. The second-order valence-electron chi connectivity index (χ2n) is 3.94. The summed E-state index contributed by atoms with van der Waals surface area (Å²) in [5, 5.41) is 27.2. The molecule has 0 aliphatic carbocycles. The minimum absolute atomic E-state index is 0.135. The summed E-state index contributed by atoms with van der Waals surface area (Å²) in [6.45, 7) is 0. The van der Waals surface area contributed by atoms with Crippen LogP contribution in [0.2, 0.25) is 0 Å². The van der Waals surface area contributed by atoms with E-state index in [4.69, 9.17) is 5.84 Å². The maximum Gasteiger partial charge on any atom is 0.453 e. The van der Waals surface area contributed by atoms with E-state index in [-0.39, 0.29) is 9.57 Å². The van der Waals surface area contributed by atoms with Crippen molar-refractivity contribution >= 4 is 23.1 Å². The number of benzene rings is 1. The van der Waals surface area contributed by atoms with Gasteiger partial charge in [-0.1, -0.05) is 0 Å². The number of non-ortho nitro benzene ring substituents is 1. The zero-order valence-corrected chi connectivity index (χ0v) is 11.5. The second kappa shape index (κ2) is 5.71. The van der Waals surface area contributed by atoms with Crippen LogP contribution in [0.15, 0.2) is 28.3 Å². The Morgan fingerprint density at radius 3 is 2.30 bits per heavy atom. The third kappa shape index (κ3) is 3.31. The lowest BCUT2D eigenvalue weighted by Crippen LogP contribution is -2.21. The molecule has 23 heavy (non-hydrogen) atoms. The van der Waals surface area contributed by atoms with Crippen LogP contribution in [-0.4, -0.2) is 24.7 Å². The summed E-state index contributed by atoms with van der Waals surface area (Å²) in [7, 11) is 0. The summed E-state index contributed by atoms with van der Waals surface area (Å²) in [6.07, 6.45) is -4.85. The Bertz CT molecular complexity index is 792. The third-order valence-electron chi connectivity index (χ3n) is 2.47. The Morgan fingerprint density at radius 1 is 1.17 bits per heavy atom. The smallest absolute Gasteiger partial charge is 0.335 e. The number of alkyl halides is 3. The molecule has 0 radical (unpaired) electrons. The molecule has 10 nitrogen and oxygen atoms in total. The number of nitrogens with two attached hydrogens (primary N) is 1. The van der Waals surface area contributed by atoms with Crippen LogP contribution in [0.5, 0.6) is 0 Å². The average molecular weight is 350 g/mol. The first-order valence-electron chi connectivity index (χ1n) is 5.49. The van der Waals surface area contributed by atoms with Crippen molar-refractivity contribution in [3.8, 4) is 0 Å². The highest BCUT2D eigenvalue weighted by atomic mass is 32.2. The van der Waals surface area contributed by atoms with Crippen LogP contribution in [0, 0.1) is 20.2 Å². The van der Waals surface area contributed by atoms with Crippen LogP contribution in [0.1, 0.15) is 5.82 Å². The van der Waals surface area contributed by atoms with Gasteiger partial charge in [0, 0.05) is 6.07 Å². The molecule has 1 aromatic heterocycles. The lowest BCUT2D eigenvalue weighted by atomic mass is 10.3. The van der Waals surface area contributed by atoms with Crippen LogP contribution < -0.4 is 5.84 Å². The molecule has 2 N–H and O–H groups in total. The zero-order chi connectivity index (χ0) is 17.4. The van der Waals surface area contributed by atoms with E-state index < -0.39 is 38.4 Å². The standard InChI is InChI=1S/C9H5F3N6O4S/c10-9(11,12)7-14-15-8(16(7)13)23-6-2-1-4(17(19)20)3-5(6)18(21)22/h1-3H,13H2. The summed E-state index contributed by atoms with van der Waals surface area (Å²) in [4.78, 5) is 19.7. The molecule has 2 aromatic rings. The number of hydrogen-bond acceptors (Lipinski definition) is 8. The number of nitrogens with zero attached hydrogens (tertiary/aromatic N) is 5. The molecule has 0 fully saturated rings. The average Bonchev–Trinajstić information content (AvgIpc) is 2.80. The van der Waals surface area contributed by atoms with Gasteiger partial charge in [0.1, 0.15) is 0 Å². The van der Waals surface area contributed by atoms with Gasteiger partial charge in [-0.15, -0.1) is 10.2 Å². The van der Waals surface area contributed by atoms with Gasteiger partial charge in [0.25, 0.3) is 17.2 Å². The van der Waals surface area contributed by atoms with Gasteiger partial charge < -0.3 is 5.84 Å². The molecule has 0 aliphatic heterocycles. The van der Waals surface area contributed by atoms with Crippen LogP contribution in [0.4, 0.5) is 24.5 Å². The lowest BCUT2D eigenvalue weighted by Gasteiger charge is -2.06. The van der Waals surface area contributed by atoms with Crippen molar-refractivity contribution < 1.29 is 23.0 Å². The normalized spacial score (nSPS) is 11.4. The van der Waals surface area contributed by atoms with E-state index in [2.05, 4.69) is 10.2 Å². The van der Waals surface area contributed by atoms with Crippen LogP contribution in [0.25, 0.3) is 0 Å². The van der Waals surface area contributed by atoms with E-state index in [0.29, 0.717) is 17.8 Å². The fraction of sp³-hybridized carbons (Fsp3) is 0.111. The van der Waals surface area contributed by atoms with Gasteiger partial charge in [-0.05, 0) is 17.8 Å². The van der Waals surface area contributed by atoms with Crippen molar-refractivity contribution in [2.75, 3.05) is 5.84 Å². The molecule has 0 atom stereocenters. The van der Waals surface area contributed by atoms with E-state index in [1.54, 1.807) is 0 Å². The zero-order valence-electron chi connectivity index (χ0n) is 10.7. The highest BCUT2D eigenvalue weighted by Gasteiger charge is 2.38. The van der Waals surface area contributed by atoms with Gasteiger partial charge in [-0.25, -0.2) is 4.68 Å². The highest BCUT2D eigenvalue weighted by molar-refractivity contribution is 7.99. The van der Waals surface area contributed by atoms with Crippen LogP contribution >= 0.6 is 11.8 Å². The number of hydrogen-bond donors (Lipinski definition) is 1. The Kier molecular flexibility index (Phi) is 4.09. The molecule has 2 rings (SSSR count). The maximum absolute atomic E-state index is 12.6. The number of nitro benzene ring substituents is 2. The molecule has 1 aromatic carbocycles. The highest BCUT2D eigenvalue weighted by Crippen LogP contribution is 2.37. The summed E-state index contributed by atoms with van der Waals surface area (Å²) in [5.41, 5.74) is -1.20. The first kappa shape index (κ1) is 16.5. The number of nitro groups is 2. The minimum atomic E-state index is -4.85. The van der Waals surface area contributed by atoms with E-state index in [1.807, 2.05) is 0 Å². The molecule has 1 heterocycles. The summed E-state index contributed by atoms with van der Waals surface area (Å²) in [6, 6.07) is 2.67. The minimum Gasteiger partial charge on any atom is -0.335 e. The number of aromatic nitrogens is 3. The van der Waals surface area contributed by atoms with Gasteiger partial charge in [0.2, 0.25) is 5.16 Å². The van der Waals surface area contributed by atoms with Crippen molar-refractivity contribution in [2.24, 2.45) is 0 Å². The summed E-state index contributed by atoms with van der Waals surface area (Å²) in [5.74, 6) is 3.73. The Hall–Kier alpha value is -2.90. The monoisotopic (exact) mass is 350 g/mol. The fourth-order valence-corrected chi connectivity index (χ4v) is 2.32. The quantitative estimate of drug-likeness (QED) is 0.501. The topological polar surface area (TPSA) is 143 Å². The Labute approximate surface area is 128 Å². The largest absolute Gasteiger partial charge is 0.453 e. The molecule has 0 spiro atoms. The van der Waals surface area contributed by atoms with Gasteiger partial charge in [-0.3, -0.25) is 20.2 Å². The maximum atomic E-state index is 12.6. The molecular formula is C9H5F3N6O4S. The van der Waals surface area contributed by atoms with E-state index in [9.17, 15) is 33.4 Å². The van der Waals surface area contributed by atoms with Crippen molar-refractivity contribution in [3.05, 3.63) is 44.3 Å². The molecule has 0 bridgehead atoms. The molecule has 0 saturated heterocycles. The number of nitrogen functional groups attached to an aromatic ring is 1. The van der Waals surface area contributed by atoms with Crippen molar-refractivity contribution in [3.63, 3.8) is 0 Å². The van der Waals surface area contributed by atoms with Gasteiger partial charge >= 0.3 is 6.18 Å². The fourth-order valence-electron chi connectivity index (χ4n) is 1.49. The molecule has 0 aliphatic rings. The molecular weight excluding hydrogens is 345 g/mol. The van der Waals surface area contributed by atoms with Crippen molar-refractivity contribution in [1.82, 2.24) is 14.9 Å². The van der Waals surface area contributed by atoms with E-state index >= 15 is 0 Å². The van der Waals surface area contributed by atoms with Crippen molar-refractivity contribution in [1.29, 1.82) is 0 Å². The number of rotatable bonds is 4. The summed E-state index contributed by atoms with van der Waals surface area (Å²) >= 11 is 0.427. The molecule has 0 unspecified atom stereocenters. The first-order chi connectivity index (χ1) is 10.6. The van der Waals surface area contributed by atoms with Crippen LogP contribution in [0.3, 0.4) is 0 Å². The van der Waals surface area contributed by atoms with E-state index in [0.717, 1.165) is 12.1 Å².